The lowest BCUT2D eigenvalue weighted by Crippen LogP contribution is -2.28. The highest BCUT2D eigenvalue weighted by Crippen LogP contribution is 2.42. The van der Waals surface area contributed by atoms with Crippen LogP contribution in [0.15, 0.2) is 40.8 Å². The molecule has 1 aliphatic rings. The van der Waals surface area contributed by atoms with E-state index in [1.807, 2.05) is 35.7 Å². The number of hydrazone groups is 1. The molecule has 0 spiro atoms. The summed E-state index contributed by atoms with van der Waals surface area (Å²) in [6.07, 6.45) is 0.604. The van der Waals surface area contributed by atoms with Crippen LogP contribution in [-0.4, -0.2) is 36.7 Å². The van der Waals surface area contributed by atoms with Crippen LogP contribution in [0.3, 0.4) is 0 Å². The van der Waals surface area contributed by atoms with Gasteiger partial charge >= 0.3 is 0 Å². The van der Waals surface area contributed by atoms with Gasteiger partial charge in [-0.15, -0.1) is 22.9 Å². The predicted octanol–water partition coefficient (Wildman–Crippen LogP) is 3.68. The van der Waals surface area contributed by atoms with Gasteiger partial charge in [0.05, 0.1) is 30.9 Å². The second-order valence-corrected chi connectivity index (χ2v) is 6.41. The molecule has 7 heteroatoms. The average Bonchev–Trinajstić information content (AvgIpc) is 3.29. The molecule has 0 N–H and O–H groups in total. The number of halogens is 1. The molecule has 1 aromatic carbocycles. The molecule has 126 valence electrons. The van der Waals surface area contributed by atoms with E-state index < -0.39 is 0 Å². The molecule has 5 nitrogen and oxygen atoms in total. The Labute approximate surface area is 149 Å². The van der Waals surface area contributed by atoms with Gasteiger partial charge < -0.3 is 9.47 Å². The van der Waals surface area contributed by atoms with Crippen molar-refractivity contribution in [3.63, 3.8) is 0 Å². The van der Waals surface area contributed by atoms with Gasteiger partial charge in [0, 0.05) is 12.0 Å². The Balaban J connectivity index is 2.02. The van der Waals surface area contributed by atoms with Crippen LogP contribution in [0.2, 0.25) is 0 Å². The summed E-state index contributed by atoms with van der Waals surface area (Å²) in [4.78, 5) is 13.3. The number of benzene rings is 1. The molecule has 0 saturated heterocycles. The number of rotatable bonds is 5. The summed E-state index contributed by atoms with van der Waals surface area (Å²) in [5.74, 6) is 0.875. The van der Waals surface area contributed by atoms with Gasteiger partial charge in [-0.2, -0.15) is 5.10 Å². The number of para-hydroxylation sites is 1. The molecular formula is C17H17ClN2O3S. The van der Waals surface area contributed by atoms with E-state index in [-0.39, 0.29) is 17.8 Å². The van der Waals surface area contributed by atoms with E-state index in [9.17, 15) is 4.79 Å². The highest BCUT2D eigenvalue weighted by atomic mass is 35.5. The molecule has 0 bridgehead atoms. The molecule has 1 amide bonds. The summed E-state index contributed by atoms with van der Waals surface area (Å²) in [6.45, 7) is 0. The minimum absolute atomic E-state index is 0.121. The van der Waals surface area contributed by atoms with Crippen molar-refractivity contribution in [1.82, 2.24) is 5.01 Å². The number of carbonyl (C=O) groups excluding carboxylic acids is 1. The highest BCUT2D eigenvalue weighted by Gasteiger charge is 2.35. The zero-order valence-corrected chi connectivity index (χ0v) is 14.9. The Bertz CT molecular complexity index is 761. The van der Waals surface area contributed by atoms with Crippen molar-refractivity contribution in [2.75, 3.05) is 20.1 Å². The van der Waals surface area contributed by atoms with Crippen LogP contribution < -0.4 is 9.47 Å². The predicted molar refractivity (Wildman–Crippen MR) is 95.3 cm³/mol. The van der Waals surface area contributed by atoms with Crippen LogP contribution in [0.25, 0.3) is 0 Å². The fourth-order valence-corrected chi connectivity index (χ4v) is 3.65. The zero-order valence-electron chi connectivity index (χ0n) is 13.4. The Kier molecular flexibility index (Phi) is 5.06. The van der Waals surface area contributed by atoms with Crippen LogP contribution in [0.1, 0.15) is 22.9 Å². The van der Waals surface area contributed by atoms with E-state index in [0.717, 1.165) is 16.2 Å². The Morgan fingerprint density at radius 2 is 2.17 bits per heavy atom. The van der Waals surface area contributed by atoms with Gasteiger partial charge in [0.25, 0.3) is 5.91 Å². The van der Waals surface area contributed by atoms with Gasteiger partial charge in [-0.3, -0.25) is 4.79 Å². The first-order valence-corrected chi connectivity index (χ1v) is 8.81. The maximum absolute atomic E-state index is 12.3. The fourth-order valence-electron chi connectivity index (χ4n) is 2.81. The van der Waals surface area contributed by atoms with Crippen molar-refractivity contribution in [3.05, 3.63) is 46.2 Å². The van der Waals surface area contributed by atoms with Gasteiger partial charge in [-0.1, -0.05) is 18.2 Å². The second-order valence-electron chi connectivity index (χ2n) is 5.20. The van der Waals surface area contributed by atoms with E-state index in [2.05, 4.69) is 5.10 Å². The molecular weight excluding hydrogens is 348 g/mol. The highest BCUT2D eigenvalue weighted by molar-refractivity contribution is 7.12. The Morgan fingerprint density at radius 1 is 1.33 bits per heavy atom. The molecule has 2 aromatic rings. The second kappa shape index (κ2) is 7.23. The van der Waals surface area contributed by atoms with Crippen LogP contribution in [0.5, 0.6) is 11.5 Å². The van der Waals surface area contributed by atoms with Gasteiger partial charge in [0.15, 0.2) is 11.5 Å². The SMILES string of the molecule is COc1cccc([C@H]2CC(c3cccs3)=NN2C(=O)CCl)c1OC. The van der Waals surface area contributed by atoms with Gasteiger partial charge in [-0.05, 0) is 17.5 Å². The lowest BCUT2D eigenvalue weighted by molar-refractivity contribution is -0.130. The number of carbonyl (C=O) groups is 1. The van der Waals surface area contributed by atoms with Crippen LogP contribution >= 0.6 is 22.9 Å². The first-order valence-electron chi connectivity index (χ1n) is 7.39. The summed E-state index contributed by atoms with van der Waals surface area (Å²) in [5, 5.41) is 7.97. The molecule has 0 aliphatic carbocycles. The number of hydrogen-bond acceptors (Lipinski definition) is 5. The number of nitrogens with zero attached hydrogens (tertiary/aromatic N) is 2. The molecule has 0 radical (unpaired) electrons. The third-order valence-corrected chi connectivity index (χ3v) is 5.03. The van der Waals surface area contributed by atoms with Crippen molar-refractivity contribution >= 4 is 34.6 Å². The summed E-state index contributed by atoms with van der Waals surface area (Å²) >= 11 is 7.37. The van der Waals surface area contributed by atoms with Gasteiger partial charge in [0.2, 0.25) is 0 Å². The lowest BCUT2D eigenvalue weighted by atomic mass is 9.99. The minimum atomic E-state index is -0.265. The quantitative estimate of drug-likeness (QED) is 0.760. The molecule has 0 saturated carbocycles. The molecule has 0 fully saturated rings. The Hall–Kier alpha value is -2.05. The number of ether oxygens (including phenoxy) is 2. The number of amides is 1. The summed E-state index contributed by atoms with van der Waals surface area (Å²) in [7, 11) is 3.18. The van der Waals surface area contributed by atoms with Crippen molar-refractivity contribution in [3.8, 4) is 11.5 Å². The average molecular weight is 365 g/mol. The van der Waals surface area contributed by atoms with E-state index in [4.69, 9.17) is 21.1 Å². The summed E-state index contributed by atoms with van der Waals surface area (Å²) < 4.78 is 10.9. The monoisotopic (exact) mass is 364 g/mol. The maximum atomic E-state index is 12.3. The molecule has 1 atom stereocenters. The third-order valence-electron chi connectivity index (χ3n) is 3.88. The van der Waals surface area contributed by atoms with Crippen molar-refractivity contribution in [1.29, 1.82) is 0 Å². The molecule has 1 aliphatic heterocycles. The van der Waals surface area contributed by atoms with Crippen molar-refractivity contribution in [2.24, 2.45) is 5.10 Å². The van der Waals surface area contributed by atoms with Gasteiger partial charge in [0.1, 0.15) is 5.88 Å². The summed E-state index contributed by atoms with van der Waals surface area (Å²) in [5.41, 5.74) is 1.73. The molecule has 0 unspecified atom stereocenters. The first kappa shape index (κ1) is 16.8. The lowest BCUT2D eigenvalue weighted by Gasteiger charge is -2.23. The van der Waals surface area contributed by atoms with E-state index >= 15 is 0 Å². The fraction of sp³-hybridized carbons (Fsp3) is 0.294. The standard InChI is InChI=1S/C17H17ClN2O3S/c1-22-14-6-3-5-11(17(14)23-2)13-9-12(15-7-4-8-24-15)19-20(13)16(21)10-18/h3-8,13H,9-10H2,1-2H3/t13-/m1/s1. The number of thiophene rings is 1. The molecule has 2 heterocycles. The minimum Gasteiger partial charge on any atom is -0.493 e. The molecule has 3 rings (SSSR count). The van der Waals surface area contributed by atoms with E-state index in [1.54, 1.807) is 25.6 Å². The van der Waals surface area contributed by atoms with Gasteiger partial charge in [-0.25, -0.2) is 5.01 Å². The van der Waals surface area contributed by atoms with Crippen LogP contribution in [0.4, 0.5) is 0 Å². The number of hydrogen-bond donors (Lipinski definition) is 0. The normalized spacial score (nSPS) is 16.9. The van der Waals surface area contributed by atoms with Crippen molar-refractivity contribution < 1.29 is 14.3 Å². The van der Waals surface area contributed by atoms with Crippen molar-refractivity contribution in [2.45, 2.75) is 12.5 Å². The van der Waals surface area contributed by atoms with Crippen LogP contribution in [0, 0.1) is 0 Å². The largest absolute Gasteiger partial charge is 0.493 e. The molecule has 24 heavy (non-hydrogen) atoms. The maximum Gasteiger partial charge on any atom is 0.258 e. The Morgan fingerprint density at radius 3 is 2.79 bits per heavy atom. The summed E-state index contributed by atoms with van der Waals surface area (Å²) in [6, 6.07) is 9.33. The number of methoxy groups -OCH3 is 2. The molecule has 1 aromatic heterocycles. The van der Waals surface area contributed by atoms with E-state index in [1.165, 1.54) is 5.01 Å². The van der Waals surface area contributed by atoms with Crippen LogP contribution in [-0.2, 0) is 4.79 Å². The first-order chi connectivity index (χ1) is 11.7. The third kappa shape index (κ3) is 2.99. The zero-order chi connectivity index (χ0) is 17.1. The number of alkyl halides is 1. The topological polar surface area (TPSA) is 51.1 Å². The van der Waals surface area contributed by atoms with E-state index in [0.29, 0.717) is 17.9 Å². The smallest absolute Gasteiger partial charge is 0.258 e.